The molecule has 1 atom stereocenters. The number of benzene rings is 1. The molecule has 0 aromatic heterocycles. The first kappa shape index (κ1) is 11.6. The summed E-state index contributed by atoms with van der Waals surface area (Å²) in [4.78, 5) is 2.37. The van der Waals surface area contributed by atoms with Crippen LogP contribution in [0, 0.1) is 5.82 Å². The van der Waals surface area contributed by atoms with Gasteiger partial charge in [-0.05, 0) is 36.6 Å². The first-order chi connectivity index (χ1) is 7.79. The van der Waals surface area contributed by atoms with Gasteiger partial charge in [-0.1, -0.05) is 12.1 Å². The molecule has 1 fully saturated rings. The summed E-state index contributed by atoms with van der Waals surface area (Å²) in [6.07, 6.45) is 1.12. The van der Waals surface area contributed by atoms with E-state index in [9.17, 15) is 4.39 Å². The van der Waals surface area contributed by atoms with Crippen LogP contribution in [0.4, 0.5) is 4.39 Å². The van der Waals surface area contributed by atoms with Crippen LogP contribution in [0.3, 0.4) is 0 Å². The van der Waals surface area contributed by atoms with Gasteiger partial charge < -0.3 is 9.64 Å². The molecule has 0 bridgehead atoms. The van der Waals surface area contributed by atoms with Crippen LogP contribution in [-0.4, -0.2) is 38.3 Å². The highest BCUT2D eigenvalue weighted by atomic mass is 19.1. The summed E-state index contributed by atoms with van der Waals surface area (Å²) in [5.74, 6) is 0.348. The number of hydrogen-bond acceptors (Lipinski definition) is 2. The fraction of sp³-hybridized carbons (Fsp3) is 0.538. The number of ether oxygens (including phenoxy) is 1. The minimum Gasteiger partial charge on any atom is -0.383 e. The van der Waals surface area contributed by atoms with E-state index in [4.69, 9.17) is 4.74 Å². The van der Waals surface area contributed by atoms with Crippen LogP contribution in [0.1, 0.15) is 17.9 Å². The zero-order valence-electron chi connectivity index (χ0n) is 9.66. The third kappa shape index (κ3) is 2.80. The third-order valence-corrected chi connectivity index (χ3v) is 3.20. The van der Waals surface area contributed by atoms with Crippen LogP contribution in [0.5, 0.6) is 0 Å². The molecule has 1 saturated heterocycles. The molecule has 0 N–H and O–H groups in total. The van der Waals surface area contributed by atoms with Crippen molar-refractivity contribution in [2.45, 2.75) is 12.3 Å². The van der Waals surface area contributed by atoms with Gasteiger partial charge in [-0.3, -0.25) is 0 Å². The molecule has 2 nitrogen and oxygen atoms in total. The predicted octanol–water partition coefficient (Wildman–Crippen LogP) is 2.26. The van der Waals surface area contributed by atoms with Crippen molar-refractivity contribution in [2.24, 2.45) is 0 Å². The van der Waals surface area contributed by atoms with Crippen molar-refractivity contribution in [2.75, 3.05) is 33.4 Å². The lowest BCUT2D eigenvalue weighted by Crippen LogP contribution is -2.24. The van der Waals surface area contributed by atoms with Crippen molar-refractivity contribution in [3.63, 3.8) is 0 Å². The summed E-state index contributed by atoms with van der Waals surface area (Å²) in [5, 5.41) is 0. The summed E-state index contributed by atoms with van der Waals surface area (Å²) >= 11 is 0. The molecular weight excluding hydrogens is 205 g/mol. The number of nitrogens with zero attached hydrogens (tertiary/aromatic N) is 1. The quantitative estimate of drug-likeness (QED) is 0.776. The van der Waals surface area contributed by atoms with Crippen molar-refractivity contribution in [1.29, 1.82) is 0 Å². The molecule has 88 valence electrons. The summed E-state index contributed by atoms with van der Waals surface area (Å²) in [6, 6.07) is 6.97. The minimum absolute atomic E-state index is 0.132. The number of hydrogen-bond donors (Lipinski definition) is 0. The first-order valence-corrected chi connectivity index (χ1v) is 5.76. The Morgan fingerprint density at radius 2 is 2.38 bits per heavy atom. The van der Waals surface area contributed by atoms with E-state index in [1.54, 1.807) is 19.2 Å². The van der Waals surface area contributed by atoms with Gasteiger partial charge in [-0.2, -0.15) is 0 Å². The average molecular weight is 223 g/mol. The fourth-order valence-corrected chi connectivity index (χ4v) is 2.29. The predicted molar refractivity (Wildman–Crippen MR) is 62.1 cm³/mol. The van der Waals surface area contributed by atoms with E-state index >= 15 is 0 Å². The molecule has 0 unspecified atom stereocenters. The second kappa shape index (κ2) is 5.41. The molecule has 0 spiro atoms. The zero-order chi connectivity index (χ0) is 11.4. The molecular formula is C13H18FNO. The Morgan fingerprint density at radius 1 is 1.50 bits per heavy atom. The normalized spacial score (nSPS) is 21.5. The molecule has 16 heavy (non-hydrogen) atoms. The van der Waals surface area contributed by atoms with E-state index in [0.717, 1.165) is 38.2 Å². The Morgan fingerprint density at radius 3 is 3.12 bits per heavy atom. The summed E-state index contributed by atoms with van der Waals surface area (Å²) in [7, 11) is 1.72. The van der Waals surface area contributed by atoms with Crippen LogP contribution >= 0.6 is 0 Å². The lowest BCUT2D eigenvalue weighted by Gasteiger charge is -2.15. The molecule has 1 aromatic rings. The molecule has 0 amide bonds. The van der Waals surface area contributed by atoms with Gasteiger partial charge in [0, 0.05) is 20.2 Å². The van der Waals surface area contributed by atoms with Crippen LogP contribution in [0.2, 0.25) is 0 Å². The van der Waals surface area contributed by atoms with Gasteiger partial charge in [-0.25, -0.2) is 4.39 Å². The number of rotatable bonds is 4. The van der Waals surface area contributed by atoms with Crippen molar-refractivity contribution < 1.29 is 9.13 Å². The van der Waals surface area contributed by atoms with Crippen LogP contribution < -0.4 is 0 Å². The van der Waals surface area contributed by atoms with E-state index < -0.39 is 0 Å². The van der Waals surface area contributed by atoms with Gasteiger partial charge in [0.05, 0.1) is 6.61 Å². The maximum Gasteiger partial charge on any atom is 0.123 e. The van der Waals surface area contributed by atoms with E-state index in [-0.39, 0.29) is 5.82 Å². The number of methoxy groups -OCH3 is 1. The SMILES string of the molecule is COCCN1CC[C@H](c2cccc(F)c2)C1. The molecule has 0 saturated carbocycles. The lowest BCUT2D eigenvalue weighted by molar-refractivity contribution is 0.160. The molecule has 3 heteroatoms. The Bertz CT molecular complexity index is 342. The van der Waals surface area contributed by atoms with Gasteiger partial charge in [-0.15, -0.1) is 0 Å². The highest BCUT2D eigenvalue weighted by molar-refractivity contribution is 5.22. The highest BCUT2D eigenvalue weighted by Crippen LogP contribution is 2.27. The van der Waals surface area contributed by atoms with Crippen LogP contribution in [0.15, 0.2) is 24.3 Å². The maximum absolute atomic E-state index is 13.1. The van der Waals surface area contributed by atoms with Crippen LogP contribution in [0.25, 0.3) is 0 Å². The van der Waals surface area contributed by atoms with Crippen molar-refractivity contribution in [3.05, 3.63) is 35.6 Å². The largest absolute Gasteiger partial charge is 0.383 e. The van der Waals surface area contributed by atoms with Gasteiger partial charge in [0.25, 0.3) is 0 Å². The third-order valence-electron chi connectivity index (χ3n) is 3.20. The minimum atomic E-state index is -0.132. The molecule has 0 radical (unpaired) electrons. The number of halogens is 1. The van der Waals surface area contributed by atoms with Gasteiger partial charge in [0.15, 0.2) is 0 Å². The molecule has 1 aromatic carbocycles. The monoisotopic (exact) mass is 223 g/mol. The lowest BCUT2D eigenvalue weighted by atomic mass is 9.98. The second-order valence-corrected chi connectivity index (χ2v) is 4.33. The van der Waals surface area contributed by atoms with E-state index in [1.165, 1.54) is 6.07 Å². The van der Waals surface area contributed by atoms with E-state index in [0.29, 0.717) is 5.92 Å². The van der Waals surface area contributed by atoms with Gasteiger partial charge in [0.2, 0.25) is 0 Å². The molecule has 1 heterocycles. The molecule has 1 aliphatic rings. The standard InChI is InChI=1S/C13H18FNO/c1-16-8-7-15-6-5-12(10-15)11-3-2-4-13(14)9-11/h2-4,9,12H,5-8,10H2,1H3/t12-/m0/s1. The Balaban J connectivity index is 1.93. The smallest absolute Gasteiger partial charge is 0.123 e. The zero-order valence-corrected chi connectivity index (χ0v) is 9.66. The van der Waals surface area contributed by atoms with Gasteiger partial charge in [0.1, 0.15) is 5.82 Å². The van der Waals surface area contributed by atoms with Crippen LogP contribution in [-0.2, 0) is 4.74 Å². The Kier molecular flexibility index (Phi) is 3.91. The summed E-state index contributed by atoms with van der Waals surface area (Å²) < 4.78 is 18.1. The fourth-order valence-electron chi connectivity index (χ4n) is 2.29. The Labute approximate surface area is 96.0 Å². The summed E-state index contributed by atoms with van der Waals surface area (Å²) in [5.41, 5.74) is 1.12. The van der Waals surface area contributed by atoms with Crippen molar-refractivity contribution >= 4 is 0 Å². The molecule has 2 rings (SSSR count). The van der Waals surface area contributed by atoms with Gasteiger partial charge >= 0.3 is 0 Å². The summed E-state index contributed by atoms with van der Waals surface area (Å²) in [6.45, 7) is 3.86. The number of likely N-dealkylation sites (tertiary alicyclic amines) is 1. The van der Waals surface area contributed by atoms with E-state index in [1.807, 2.05) is 6.07 Å². The second-order valence-electron chi connectivity index (χ2n) is 4.33. The molecule has 1 aliphatic heterocycles. The topological polar surface area (TPSA) is 12.5 Å². The van der Waals surface area contributed by atoms with Crippen molar-refractivity contribution in [3.8, 4) is 0 Å². The maximum atomic E-state index is 13.1. The Hall–Kier alpha value is -0.930. The molecule has 0 aliphatic carbocycles. The highest BCUT2D eigenvalue weighted by Gasteiger charge is 2.23. The average Bonchev–Trinajstić information content (AvgIpc) is 2.75. The van der Waals surface area contributed by atoms with Crippen molar-refractivity contribution in [1.82, 2.24) is 4.90 Å². The first-order valence-electron chi connectivity index (χ1n) is 5.76. The van der Waals surface area contributed by atoms with E-state index in [2.05, 4.69) is 4.90 Å².